The molecule has 34 heavy (non-hydrogen) atoms. The Kier molecular flexibility index (Phi) is 10.3. The molecule has 0 fully saturated rings. The quantitative estimate of drug-likeness (QED) is 0.144. The second-order valence-corrected chi connectivity index (χ2v) is 10.3. The summed E-state index contributed by atoms with van der Waals surface area (Å²) in [6.07, 6.45) is 0. The number of nitrogens with one attached hydrogen (secondary N) is 1. The fourth-order valence-corrected chi connectivity index (χ4v) is 5.33. The van der Waals surface area contributed by atoms with Gasteiger partial charge in [0.05, 0.1) is 27.4 Å². The first kappa shape index (κ1) is 27.6. The van der Waals surface area contributed by atoms with Crippen LogP contribution in [0.3, 0.4) is 0 Å². The number of hydrogen-bond acceptors (Lipinski definition) is 11. The average molecular weight is 521 g/mol. The van der Waals surface area contributed by atoms with E-state index < -0.39 is 33.2 Å². The van der Waals surface area contributed by atoms with E-state index >= 15 is 0 Å². The van der Waals surface area contributed by atoms with Gasteiger partial charge in [-0.25, -0.2) is 0 Å². The number of carbonyl (C=O) groups excluding carboxylic acids is 1. The lowest BCUT2D eigenvalue weighted by molar-refractivity contribution is -0.142. The van der Waals surface area contributed by atoms with Crippen LogP contribution < -0.4 is 24.6 Å². The molecule has 0 aliphatic heterocycles. The van der Waals surface area contributed by atoms with Gasteiger partial charge in [-0.1, -0.05) is 33.6 Å². The Hall–Kier alpha value is -2.63. The highest BCUT2D eigenvalue weighted by molar-refractivity contribution is 7.71. The van der Waals surface area contributed by atoms with E-state index in [1.54, 1.807) is 12.1 Å². The Labute approximate surface area is 195 Å². The van der Waals surface area contributed by atoms with Crippen LogP contribution in [0.2, 0.25) is 0 Å². The molecule has 0 aliphatic carbocycles. The first-order valence-electron chi connectivity index (χ1n) is 9.67. The Morgan fingerprint density at radius 1 is 0.853 bits per heavy atom. The van der Waals surface area contributed by atoms with Crippen molar-refractivity contribution in [3.05, 3.63) is 48.5 Å². The minimum atomic E-state index is -5.18. The number of carbonyl (C=O) groups is 1. The highest BCUT2D eigenvalue weighted by atomic mass is 31.2. The number of rotatable bonds is 14. The minimum absolute atomic E-state index is 0.0135. The van der Waals surface area contributed by atoms with Crippen LogP contribution in [-0.2, 0) is 28.0 Å². The highest BCUT2D eigenvalue weighted by Gasteiger charge is 2.51. The van der Waals surface area contributed by atoms with Crippen LogP contribution in [0.25, 0.3) is 0 Å². The molecule has 0 saturated carbocycles. The van der Waals surface area contributed by atoms with Crippen molar-refractivity contribution in [2.24, 2.45) is 0 Å². The summed E-state index contributed by atoms with van der Waals surface area (Å²) in [4.78, 5) is 42.4. The summed E-state index contributed by atoms with van der Waals surface area (Å²) in [5, 5.41) is 2.14. The molecule has 3 N–H and O–H groups in total. The smallest absolute Gasteiger partial charge is 0.395 e. The van der Waals surface area contributed by atoms with Gasteiger partial charge in [0.2, 0.25) is 17.0 Å². The summed E-state index contributed by atoms with van der Waals surface area (Å²) in [5.41, 5.74) is -2.38. The van der Waals surface area contributed by atoms with E-state index in [4.69, 9.17) is 24.0 Å². The molecular weight excluding hydrogens is 496 g/mol. The fraction of sp³-hybridized carbons (Fsp3) is 0.316. The van der Waals surface area contributed by atoms with E-state index in [-0.39, 0.29) is 29.6 Å². The molecule has 13 nitrogen and oxygen atoms in total. The van der Waals surface area contributed by atoms with Crippen molar-refractivity contribution >= 4 is 21.2 Å². The molecule has 0 amide bonds. The number of benzene rings is 2. The summed E-state index contributed by atoms with van der Waals surface area (Å²) < 4.78 is 49.8. The van der Waals surface area contributed by atoms with Crippen LogP contribution in [0.4, 0.5) is 0 Å². The van der Waals surface area contributed by atoms with Crippen molar-refractivity contribution in [1.29, 1.82) is 0 Å². The van der Waals surface area contributed by atoms with E-state index in [1.807, 2.05) is 0 Å². The molecule has 2 aromatic rings. The summed E-state index contributed by atoms with van der Waals surface area (Å²) in [6.45, 7) is 0.820. The average Bonchev–Trinajstić information content (AvgIpc) is 2.81. The normalized spacial score (nSPS) is 15.3. The molecule has 188 valence electrons. The van der Waals surface area contributed by atoms with E-state index in [0.29, 0.717) is 0 Å². The molecule has 2 rings (SSSR count). The standard InChI is InChI=1S/C19H25NO12P2/c1-4-28-18(21)13-20-19(33(22,23)31-29-16-11-7-5-9-14(16)26-2)34(24,25)32-30-17-12-8-6-10-15(17)27-3/h5-12,19-20H,4,13H2,1-3H3,(H,22,23)(H,24,25). The molecule has 0 spiro atoms. The van der Waals surface area contributed by atoms with Crippen LogP contribution >= 0.6 is 15.2 Å². The molecule has 15 heteroatoms. The summed E-state index contributed by atoms with van der Waals surface area (Å²) in [5.74, 6) is -0.753. The number of methoxy groups -OCH3 is 2. The third-order valence-electron chi connectivity index (χ3n) is 3.96. The zero-order chi connectivity index (χ0) is 25.2. The Morgan fingerprint density at radius 2 is 1.26 bits per heavy atom. The van der Waals surface area contributed by atoms with Crippen molar-refractivity contribution < 1.29 is 57.0 Å². The van der Waals surface area contributed by atoms with Gasteiger partial charge >= 0.3 is 21.2 Å². The van der Waals surface area contributed by atoms with Crippen LogP contribution in [0.15, 0.2) is 48.5 Å². The van der Waals surface area contributed by atoms with Crippen LogP contribution in [0.5, 0.6) is 23.0 Å². The summed E-state index contributed by atoms with van der Waals surface area (Å²) >= 11 is 0. The van der Waals surface area contributed by atoms with Crippen LogP contribution in [-0.4, -0.2) is 48.7 Å². The Balaban J connectivity index is 2.24. The molecule has 0 saturated heterocycles. The van der Waals surface area contributed by atoms with Crippen molar-refractivity contribution in [2.45, 2.75) is 12.4 Å². The van der Waals surface area contributed by atoms with Crippen molar-refractivity contribution in [3.63, 3.8) is 0 Å². The summed E-state index contributed by atoms with van der Waals surface area (Å²) in [6, 6.07) is 12.0. The second kappa shape index (κ2) is 12.7. The maximum absolute atomic E-state index is 12.9. The lowest BCUT2D eigenvalue weighted by atomic mass is 10.3. The Bertz CT molecular complexity index is 978. The van der Waals surface area contributed by atoms with Gasteiger partial charge in [-0.05, 0) is 31.2 Å². The van der Waals surface area contributed by atoms with Crippen molar-refractivity contribution in [3.8, 4) is 23.0 Å². The predicted molar refractivity (Wildman–Crippen MR) is 117 cm³/mol. The molecule has 0 bridgehead atoms. The van der Waals surface area contributed by atoms with Crippen molar-refractivity contribution in [1.82, 2.24) is 5.32 Å². The van der Waals surface area contributed by atoms with E-state index in [2.05, 4.69) is 14.7 Å². The molecule has 0 radical (unpaired) electrons. The van der Waals surface area contributed by atoms with Gasteiger partial charge < -0.3 is 33.8 Å². The lowest BCUT2D eigenvalue weighted by Crippen LogP contribution is -2.36. The van der Waals surface area contributed by atoms with Gasteiger partial charge in [0.25, 0.3) is 0 Å². The second-order valence-electron chi connectivity index (χ2n) is 6.31. The largest absolute Gasteiger partial charge is 0.493 e. The third-order valence-corrected chi connectivity index (χ3v) is 7.89. The third kappa shape index (κ3) is 7.71. The molecule has 2 aromatic carbocycles. The zero-order valence-corrected chi connectivity index (χ0v) is 20.3. The topological polar surface area (TPSA) is 168 Å². The molecular formula is C19H25NO12P2. The van der Waals surface area contributed by atoms with Gasteiger partial charge in [-0.15, -0.1) is 0 Å². The monoisotopic (exact) mass is 521 g/mol. The molecule has 2 unspecified atom stereocenters. The van der Waals surface area contributed by atoms with Gasteiger partial charge in [0, 0.05) is 0 Å². The van der Waals surface area contributed by atoms with E-state index in [9.17, 15) is 23.7 Å². The molecule has 0 heterocycles. The van der Waals surface area contributed by atoms with Gasteiger partial charge in [0.1, 0.15) is 0 Å². The maximum Gasteiger partial charge on any atom is 0.395 e. The highest BCUT2D eigenvalue weighted by Crippen LogP contribution is 2.64. The van der Waals surface area contributed by atoms with Crippen molar-refractivity contribution in [2.75, 3.05) is 27.4 Å². The van der Waals surface area contributed by atoms with Gasteiger partial charge in [-0.3, -0.25) is 19.2 Å². The van der Waals surface area contributed by atoms with E-state index in [0.717, 1.165) is 0 Å². The number of esters is 1. The summed E-state index contributed by atoms with van der Waals surface area (Å²) in [7, 11) is -7.70. The van der Waals surface area contributed by atoms with E-state index in [1.165, 1.54) is 57.5 Å². The molecule has 0 aromatic heterocycles. The number of para-hydroxylation sites is 4. The van der Waals surface area contributed by atoms with Gasteiger partial charge in [0.15, 0.2) is 11.5 Å². The molecule has 2 atom stereocenters. The predicted octanol–water partition coefficient (Wildman–Crippen LogP) is 2.83. The zero-order valence-electron chi connectivity index (χ0n) is 18.5. The molecule has 0 aliphatic rings. The lowest BCUT2D eigenvalue weighted by Gasteiger charge is -2.25. The SMILES string of the molecule is CCOC(=O)CNC(P(=O)(O)OOc1ccccc1OC)P(=O)(O)OOc1ccccc1OC. The Morgan fingerprint density at radius 3 is 1.65 bits per heavy atom. The number of hydrogen-bond donors (Lipinski definition) is 3. The van der Waals surface area contributed by atoms with Crippen LogP contribution in [0, 0.1) is 0 Å². The van der Waals surface area contributed by atoms with Gasteiger partial charge in [-0.2, -0.15) is 0 Å². The number of ether oxygens (including phenoxy) is 3. The first-order chi connectivity index (χ1) is 16.1. The fourth-order valence-electron chi connectivity index (χ4n) is 2.45. The minimum Gasteiger partial charge on any atom is -0.493 e. The maximum atomic E-state index is 12.9. The first-order valence-corrected chi connectivity index (χ1v) is 13.0. The van der Waals surface area contributed by atoms with Crippen LogP contribution in [0.1, 0.15) is 6.92 Å².